The van der Waals surface area contributed by atoms with Gasteiger partial charge in [-0.3, -0.25) is 9.59 Å². The van der Waals surface area contributed by atoms with E-state index < -0.39 is 6.04 Å². The molecule has 1 amide bonds. The molecule has 0 heterocycles. The fourth-order valence-corrected chi connectivity index (χ4v) is 0.979. The summed E-state index contributed by atoms with van der Waals surface area (Å²) in [5, 5.41) is 2.58. The molecule has 0 aliphatic carbocycles. The third-order valence-electron chi connectivity index (χ3n) is 1.79. The highest BCUT2D eigenvalue weighted by Gasteiger charge is 2.12. The van der Waals surface area contributed by atoms with E-state index in [0.717, 1.165) is 6.42 Å². The van der Waals surface area contributed by atoms with Crippen LogP contribution in [0.15, 0.2) is 0 Å². The van der Waals surface area contributed by atoms with Gasteiger partial charge in [0.25, 0.3) is 0 Å². The van der Waals surface area contributed by atoms with Gasteiger partial charge < -0.3 is 10.1 Å². The van der Waals surface area contributed by atoms with Gasteiger partial charge in [-0.05, 0) is 13.3 Å². The molecular formula is C10H19NO3. The highest BCUT2D eigenvalue weighted by atomic mass is 16.5. The van der Waals surface area contributed by atoms with Gasteiger partial charge in [0.1, 0.15) is 6.61 Å². The summed E-state index contributed by atoms with van der Waals surface area (Å²) in [5.74, 6) is -0.193. The van der Waals surface area contributed by atoms with Gasteiger partial charge in [-0.1, -0.05) is 13.8 Å². The number of ether oxygens (including phenoxy) is 1. The van der Waals surface area contributed by atoms with Crippen molar-refractivity contribution in [1.29, 1.82) is 0 Å². The Kier molecular flexibility index (Phi) is 7.02. The molecule has 0 radical (unpaired) electrons. The third kappa shape index (κ3) is 5.70. The molecule has 82 valence electrons. The van der Waals surface area contributed by atoms with Crippen molar-refractivity contribution in [2.45, 2.75) is 39.7 Å². The van der Waals surface area contributed by atoms with Crippen molar-refractivity contribution in [2.24, 2.45) is 0 Å². The van der Waals surface area contributed by atoms with Crippen LogP contribution in [0.5, 0.6) is 0 Å². The van der Waals surface area contributed by atoms with Crippen molar-refractivity contribution in [3.8, 4) is 0 Å². The SMILES string of the molecule is CCCOCC(=O)NC(C)C(=O)CC. The highest BCUT2D eigenvalue weighted by molar-refractivity contribution is 5.88. The lowest BCUT2D eigenvalue weighted by molar-refractivity contribution is -0.130. The fourth-order valence-electron chi connectivity index (χ4n) is 0.979. The molecule has 0 rings (SSSR count). The van der Waals surface area contributed by atoms with E-state index in [-0.39, 0.29) is 18.3 Å². The molecule has 0 saturated heterocycles. The van der Waals surface area contributed by atoms with Gasteiger partial charge in [0.15, 0.2) is 5.78 Å². The molecule has 1 atom stereocenters. The van der Waals surface area contributed by atoms with Crippen LogP contribution in [0.2, 0.25) is 0 Å². The fraction of sp³-hybridized carbons (Fsp3) is 0.800. The van der Waals surface area contributed by atoms with Crippen molar-refractivity contribution < 1.29 is 14.3 Å². The Morgan fingerprint density at radius 3 is 2.50 bits per heavy atom. The maximum absolute atomic E-state index is 11.2. The summed E-state index contributed by atoms with van der Waals surface area (Å²) in [4.78, 5) is 22.3. The van der Waals surface area contributed by atoms with Crippen molar-refractivity contribution in [3.05, 3.63) is 0 Å². The molecule has 1 N–H and O–H groups in total. The monoisotopic (exact) mass is 201 g/mol. The van der Waals surface area contributed by atoms with Gasteiger partial charge in [-0.2, -0.15) is 0 Å². The number of rotatable bonds is 7. The van der Waals surface area contributed by atoms with E-state index in [1.807, 2.05) is 6.92 Å². The average Bonchev–Trinajstić information content (AvgIpc) is 2.16. The second-order valence-electron chi connectivity index (χ2n) is 3.16. The van der Waals surface area contributed by atoms with Crippen LogP contribution < -0.4 is 5.32 Å². The topological polar surface area (TPSA) is 55.4 Å². The van der Waals surface area contributed by atoms with Crippen LogP contribution in [0.3, 0.4) is 0 Å². The van der Waals surface area contributed by atoms with Crippen LogP contribution in [0.1, 0.15) is 33.6 Å². The highest BCUT2D eigenvalue weighted by Crippen LogP contribution is 1.90. The average molecular weight is 201 g/mol. The number of amides is 1. The van der Waals surface area contributed by atoms with Crippen LogP contribution in [0.25, 0.3) is 0 Å². The summed E-state index contributed by atoms with van der Waals surface area (Å²) in [6.45, 7) is 6.04. The van der Waals surface area contributed by atoms with E-state index in [1.165, 1.54) is 0 Å². The Bertz CT molecular complexity index is 192. The molecule has 0 aliphatic rings. The lowest BCUT2D eigenvalue weighted by Crippen LogP contribution is -2.40. The van der Waals surface area contributed by atoms with E-state index in [4.69, 9.17) is 4.74 Å². The lowest BCUT2D eigenvalue weighted by atomic mass is 10.2. The third-order valence-corrected chi connectivity index (χ3v) is 1.79. The van der Waals surface area contributed by atoms with Crippen LogP contribution in [0.4, 0.5) is 0 Å². The molecule has 14 heavy (non-hydrogen) atoms. The predicted molar refractivity (Wildman–Crippen MR) is 54.0 cm³/mol. The molecule has 0 aromatic rings. The number of ketones is 1. The molecule has 0 aliphatic heterocycles. The molecule has 0 spiro atoms. The smallest absolute Gasteiger partial charge is 0.246 e. The van der Waals surface area contributed by atoms with Gasteiger partial charge >= 0.3 is 0 Å². The Hall–Kier alpha value is -0.900. The van der Waals surface area contributed by atoms with Crippen LogP contribution in [-0.2, 0) is 14.3 Å². The molecule has 0 fully saturated rings. The number of hydrogen-bond acceptors (Lipinski definition) is 3. The van der Waals surface area contributed by atoms with Gasteiger partial charge in [0.05, 0.1) is 6.04 Å². The largest absolute Gasteiger partial charge is 0.372 e. The minimum atomic E-state index is -0.405. The summed E-state index contributed by atoms with van der Waals surface area (Å²) < 4.78 is 5.04. The van der Waals surface area contributed by atoms with E-state index >= 15 is 0 Å². The second-order valence-corrected chi connectivity index (χ2v) is 3.16. The number of Topliss-reactive ketones (excluding diaryl/α,β-unsaturated/α-hetero) is 1. The van der Waals surface area contributed by atoms with E-state index in [9.17, 15) is 9.59 Å². The maximum Gasteiger partial charge on any atom is 0.246 e. The van der Waals surface area contributed by atoms with Crippen molar-refractivity contribution >= 4 is 11.7 Å². The van der Waals surface area contributed by atoms with Gasteiger partial charge in [0, 0.05) is 13.0 Å². The van der Waals surface area contributed by atoms with Gasteiger partial charge in [-0.25, -0.2) is 0 Å². The molecule has 0 saturated carbocycles. The molecule has 0 aromatic heterocycles. The summed E-state index contributed by atoms with van der Waals surface area (Å²) in [7, 11) is 0. The normalized spacial score (nSPS) is 12.2. The Balaban J connectivity index is 3.65. The van der Waals surface area contributed by atoms with Crippen molar-refractivity contribution in [1.82, 2.24) is 5.32 Å². The summed E-state index contributed by atoms with van der Waals surface area (Å²) in [6.07, 6.45) is 1.33. The predicted octanol–water partition coefficient (Wildman–Crippen LogP) is 0.897. The van der Waals surface area contributed by atoms with Crippen molar-refractivity contribution in [2.75, 3.05) is 13.2 Å². The number of carbonyl (C=O) groups is 2. The van der Waals surface area contributed by atoms with Crippen LogP contribution in [-0.4, -0.2) is 30.9 Å². The molecule has 4 heteroatoms. The number of hydrogen-bond donors (Lipinski definition) is 1. The van der Waals surface area contributed by atoms with E-state index in [2.05, 4.69) is 5.32 Å². The van der Waals surface area contributed by atoms with Gasteiger partial charge in [-0.15, -0.1) is 0 Å². The Morgan fingerprint density at radius 2 is 2.00 bits per heavy atom. The first-order valence-corrected chi connectivity index (χ1v) is 5.01. The van der Waals surface area contributed by atoms with Gasteiger partial charge in [0.2, 0.25) is 5.91 Å². The molecular weight excluding hydrogens is 182 g/mol. The lowest BCUT2D eigenvalue weighted by Gasteiger charge is -2.11. The zero-order valence-corrected chi connectivity index (χ0v) is 9.13. The van der Waals surface area contributed by atoms with Crippen LogP contribution in [0, 0.1) is 0 Å². The zero-order valence-electron chi connectivity index (χ0n) is 9.13. The first kappa shape index (κ1) is 13.1. The Morgan fingerprint density at radius 1 is 1.36 bits per heavy atom. The van der Waals surface area contributed by atoms with Crippen LogP contribution >= 0.6 is 0 Å². The minimum absolute atomic E-state index is 0.0360. The standard InChI is InChI=1S/C10H19NO3/c1-4-6-14-7-10(13)11-8(3)9(12)5-2/h8H,4-7H2,1-3H3,(H,11,13). The summed E-state index contributed by atoms with van der Waals surface area (Å²) in [6, 6.07) is -0.405. The zero-order chi connectivity index (χ0) is 11.0. The van der Waals surface area contributed by atoms with E-state index in [1.54, 1.807) is 13.8 Å². The summed E-state index contributed by atoms with van der Waals surface area (Å²) >= 11 is 0. The summed E-state index contributed by atoms with van der Waals surface area (Å²) in [5.41, 5.74) is 0. The molecule has 1 unspecified atom stereocenters. The first-order chi connectivity index (χ1) is 6.61. The Labute approximate surface area is 85.0 Å². The molecule has 0 aromatic carbocycles. The maximum atomic E-state index is 11.2. The number of carbonyl (C=O) groups excluding carboxylic acids is 2. The first-order valence-electron chi connectivity index (χ1n) is 5.01. The molecule has 0 bridgehead atoms. The second kappa shape index (κ2) is 7.50. The van der Waals surface area contributed by atoms with E-state index in [0.29, 0.717) is 13.0 Å². The minimum Gasteiger partial charge on any atom is -0.372 e. The number of nitrogens with one attached hydrogen (secondary N) is 1. The van der Waals surface area contributed by atoms with Crippen molar-refractivity contribution in [3.63, 3.8) is 0 Å². The quantitative estimate of drug-likeness (QED) is 0.622. The molecule has 4 nitrogen and oxygen atoms in total.